The molecule has 2 amide bonds. The van der Waals surface area contributed by atoms with E-state index >= 15 is 0 Å². The van der Waals surface area contributed by atoms with E-state index in [9.17, 15) is 14.0 Å². The zero-order valence-electron chi connectivity index (χ0n) is 16.3. The Bertz CT molecular complexity index is 1020. The zero-order valence-corrected chi connectivity index (χ0v) is 17.9. The SMILES string of the molecule is O=C(CCN1C(=O)/C(=C\c2ccc(F)cc2)SC1=S)NC1CCCc2ccccc21. The number of benzene rings is 2. The molecule has 2 aliphatic rings. The van der Waals surface area contributed by atoms with E-state index in [0.29, 0.717) is 9.23 Å². The monoisotopic (exact) mass is 440 g/mol. The summed E-state index contributed by atoms with van der Waals surface area (Å²) in [6.45, 7) is 0.242. The molecule has 1 heterocycles. The van der Waals surface area contributed by atoms with E-state index in [-0.39, 0.29) is 36.6 Å². The van der Waals surface area contributed by atoms with Gasteiger partial charge in [0.15, 0.2) is 0 Å². The van der Waals surface area contributed by atoms with Crippen LogP contribution in [0.5, 0.6) is 0 Å². The molecule has 7 heteroatoms. The third-order valence-electron chi connectivity index (χ3n) is 5.31. The first-order valence-corrected chi connectivity index (χ1v) is 11.1. The van der Waals surface area contributed by atoms with Crippen LogP contribution < -0.4 is 5.32 Å². The second-order valence-electron chi connectivity index (χ2n) is 7.35. The van der Waals surface area contributed by atoms with Gasteiger partial charge >= 0.3 is 0 Å². The Labute approximate surface area is 184 Å². The van der Waals surface area contributed by atoms with Crippen LogP contribution in [0, 0.1) is 5.82 Å². The van der Waals surface area contributed by atoms with E-state index in [1.807, 2.05) is 12.1 Å². The van der Waals surface area contributed by atoms with Gasteiger partial charge < -0.3 is 5.32 Å². The average Bonchev–Trinajstić information content (AvgIpc) is 3.01. The van der Waals surface area contributed by atoms with E-state index in [2.05, 4.69) is 17.4 Å². The number of hydrogen-bond donors (Lipinski definition) is 1. The molecule has 1 aliphatic carbocycles. The molecule has 1 fully saturated rings. The highest BCUT2D eigenvalue weighted by atomic mass is 32.2. The molecular formula is C23H21FN2O2S2. The lowest BCUT2D eigenvalue weighted by Gasteiger charge is -2.26. The number of aryl methyl sites for hydroxylation is 1. The molecule has 0 spiro atoms. The first-order valence-electron chi connectivity index (χ1n) is 9.89. The van der Waals surface area contributed by atoms with Crippen molar-refractivity contribution in [3.63, 3.8) is 0 Å². The Morgan fingerprint density at radius 1 is 1.23 bits per heavy atom. The summed E-state index contributed by atoms with van der Waals surface area (Å²) in [4.78, 5) is 27.2. The van der Waals surface area contributed by atoms with Crippen molar-refractivity contribution in [2.24, 2.45) is 0 Å². The summed E-state index contributed by atoms with van der Waals surface area (Å²) < 4.78 is 13.5. The second kappa shape index (κ2) is 9.10. The number of carbonyl (C=O) groups is 2. The number of thioether (sulfide) groups is 1. The molecule has 1 unspecified atom stereocenters. The number of fused-ring (bicyclic) bond motifs is 1. The molecule has 30 heavy (non-hydrogen) atoms. The van der Waals surface area contributed by atoms with Gasteiger partial charge in [0.2, 0.25) is 5.91 Å². The van der Waals surface area contributed by atoms with E-state index < -0.39 is 0 Å². The number of carbonyl (C=O) groups excluding carboxylic acids is 2. The van der Waals surface area contributed by atoms with Crippen LogP contribution in [0.2, 0.25) is 0 Å². The Balaban J connectivity index is 1.36. The molecule has 1 aliphatic heterocycles. The van der Waals surface area contributed by atoms with E-state index in [4.69, 9.17) is 12.2 Å². The Morgan fingerprint density at radius 2 is 2.00 bits per heavy atom. The van der Waals surface area contributed by atoms with E-state index in [0.717, 1.165) is 24.8 Å². The molecule has 1 saturated heterocycles. The van der Waals surface area contributed by atoms with Crippen molar-refractivity contribution in [1.82, 2.24) is 10.2 Å². The fraction of sp³-hybridized carbons (Fsp3) is 0.261. The van der Waals surface area contributed by atoms with Crippen LogP contribution in [-0.2, 0) is 16.0 Å². The largest absolute Gasteiger partial charge is 0.349 e. The quantitative estimate of drug-likeness (QED) is 0.545. The third-order valence-corrected chi connectivity index (χ3v) is 6.69. The van der Waals surface area contributed by atoms with Crippen molar-refractivity contribution in [3.05, 3.63) is 75.9 Å². The molecular weight excluding hydrogens is 419 g/mol. The van der Waals surface area contributed by atoms with Crippen molar-refractivity contribution in [3.8, 4) is 0 Å². The maximum absolute atomic E-state index is 13.1. The predicted octanol–water partition coefficient (Wildman–Crippen LogP) is 4.61. The predicted molar refractivity (Wildman–Crippen MR) is 121 cm³/mol. The maximum Gasteiger partial charge on any atom is 0.266 e. The fourth-order valence-corrected chi connectivity index (χ4v) is 5.10. The van der Waals surface area contributed by atoms with Crippen molar-refractivity contribution >= 4 is 46.2 Å². The number of hydrogen-bond acceptors (Lipinski definition) is 4. The lowest BCUT2D eigenvalue weighted by molar-refractivity contribution is -0.124. The second-order valence-corrected chi connectivity index (χ2v) is 9.02. The molecule has 0 bridgehead atoms. The number of halogens is 1. The van der Waals surface area contributed by atoms with Crippen molar-refractivity contribution in [1.29, 1.82) is 0 Å². The van der Waals surface area contributed by atoms with Gasteiger partial charge in [0.05, 0.1) is 10.9 Å². The topological polar surface area (TPSA) is 49.4 Å². The van der Waals surface area contributed by atoms with Gasteiger partial charge in [-0.1, -0.05) is 60.4 Å². The highest BCUT2D eigenvalue weighted by molar-refractivity contribution is 8.26. The summed E-state index contributed by atoms with van der Waals surface area (Å²) in [6.07, 6.45) is 4.89. The van der Waals surface area contributed by atoms with Crippen LogP contribution in [-0.4, -0.2) is 27.6 Å². The summed E-state index contributed by atoms with van der Waals surface area (Å²) in [6, 6.07) is 14.1. The first-order chi connectivity index (χ1) is 14.5. The van der Waals surface area contributed by atoms with Crippen LogP contribution in [0.3, 0.4) is 0 Å². The molecule has 154 valence electrons. The Hall–Kier alpha value is -2.51. The molecule has 2 aromatic rings. The van der Waals surface area contributed by atoms with Gasteiger partial charge in [-0.3, -0.25) is 14.5 Å². The highest BCUT2D eigenvalue weighted by Gasteiger charge is 2.32. The first kappa shape index (κ1) is 20.8. The minimum atomic E-state index is -0.327. The van der Waals surface area contributed by atoms with Gasteiger partial charge in [0.1, 0.15) is 10.1 Å². The van der Waals surface area contributed by atoms with Gasteiger partial charge in [0.25, 0.3) is 5.91 Å². The van der Waals surface area contributed by atoms with Crippen LogP contribution in [0.25, 0.3) is 6.08 Å². The number of thiocarbonyl (C=S) groups is 1. The van der Waals surface area contributed by atoms with Crippen LogP contribution in [0.15, 0.2) is 53.4 Å². The maximum atomic E-state index is 13.1. The number of amides is 2. The average molecular weight is 441 g/mol. The Morgan fingerprint density at radius 3 is 2.80 bits per heavy atom. The van der Waals surface area contributed by atoms with Gasteiger partial charge in [-0.15, -0.1) is 0 Å². The summed E-state index contributed by atoms with van der Waals surface area (Å²) in [5.41, 5.74) is 3.20. The molecule has 0 saturated carbocycles. The van der Waals surface area contributed by atoms with Gasteiger partial charge in [-0.25, -0.2) is 4.39 Å². The van der Waals surface area contributed by atoms with Crippen LogP contribution >= 0.6 is 24.0 Å². The van der Waals surface area contributed by atoms with Crippen molar-refractivity contribution in [2.45, 2.75) is 31.7 Å². The molecule has 0 radical (unpaired) electrons. The van der Waals surface area contributed by atoms with Crippen LogP contribution in [0.4, 0.5) is 4.39 Å². The highest BCUT2D eigenvalue weighted by Crippen LogP contribution is 2.33. The summed E-state index contributed by atoms with van der Waals surface area (Å²) in [5, 5.41) is 3.11. The van der Waals surface area contributed by atoms with Crippen molar-refractivity contribution in [2.75, 3.05) is 6.54 Å². The smallest absolute Gasteiger partial charge is 0.266 e. The van der Waals surface area contributed by atoms with Gasteiger partial charge in [-0.05, 0) is 54.2 Å². The molecule has 1 N–H and O–H groups in total. The summed E-state index contributed by atoms with van der Waals surface area (Å²) in [5.74, 6) is -0.635. The van der Waals surface area contributed by atoms with Gasteiger partial charge in [0, 0.05) is 13.0 Å². The Kier molecular flexibility index (Phi) is 6.29. The summed E-state index contributed by atoms with van der Waals surface area (Å²) >= 11 is 6.53. The molecule has 4 rings (SSSR count). The number of nitrogens with one attached hydrogen (secondary N) is 1. The molecule has 1 atom stereocenters. The lowest BCUT2D eigenvalue weighted by atomic mass is 9.87. The zero-order chi connectivity index (χ0) is 21.1. The van der Waals surface area contributed by atoms with Crippen molar-refractivity contribution < 1.29 is 14.0 Å². The number of rotatable bonds is 5. The standard InChI is InChI=1S/C23H21FN2O2S2/c24-17-10-8-15(9-11-17)14-20-22(28)26(23(29)30-20)13-12-21(27)25-19-7-3-5-16-4-1-2-6-18(16)19/h1-2,4,6,8-11,14,19H,3,5,7,12-13H2,(H,25,27)/b20-14+. The molecule has 2 aromatic carbocycles. The molecule has 0 aromatic heterocycles. The normalized spacial score (nSPS) is 19.8. The van der Waals surface area contributed by atoms with Crippen LogP contribution in [0.1, 0.15) is 42.0 Å². The summed E-state index contributed by atoms with van der Waals surface area (Å²) in [7, 11) is 0. The fourth-order valence-electron chi connectivity index (χ4n) is 3.79. The van der Waals surface area contributed by atoms with Gasteiger partial charge in [-0.2, -0.15) is 0 Å². The molecule has 4 nitrogen and oxygen atoms in total. The lowest BCUT2D eigenvalue weighted by Crippen LogP contribution is -2.35. The number of nitrogens with zero attached hydrogens (tertiary/aromatic N) is 1. The minimum Gasteiger partial charge on any atom is -0.349 e. The third kappa shape index (κ3) is 4.63. The van der Waals surface area contributed by atoms with E-state index in [1.54, 1.807) is 18.2 Å². The van der Waals surface area contributed by atoms with E-state index in [1.165, 1.54) is 39.9 Å². The minimum absolute atomic E-state index is 0.0204.